The monoisotopic (exact) mass is 285 g/mol. The van der Waals surface area contributed by atoms with Crippen molar-refractivity contribution < 1.29 is 26.5 Å². The Hall–Kier alpha value is -1.25. The molecule has 0 amide bonds. The van der Waals surface area contributed by atoms with E-state index in [-0.39, 0.29) is 18.2 Å². The van der Waals surface area contributed by atoms with Gasteiger partial charge < -0.3 is 9.84 Å². The van der Waals surface area contributed by atoms with Gasteiger partial charge in [-0.25, -0.2) is 0 Å². The van der Waals surface area contributed by atoms with E-state index in [0.29, 0.717) is 6.54 Å². The Balaban J connectivity index is 2.06. The van der Waals surface area contributed by atoms with Crippen LogP contribution in [0.5, 0.6) is 0 Å². The molecule has 4 nitrogen and oxygen atoms in total. The van der Waals surface area contributed by atoms with Crippen LogP contribution in [0, 0.1) is 5.92 Å². The van der Waals surface area contributed by atoms with Crippen LogP contribution in [0.3, 0.4) is 0 Å². The Labute approximate surface area is 105 Å². The lowest BCUT2D eigenvalue weighted by atomic mass is 9.96. The summed E-state index contributed by atoms with van der Waals surface area (Å²) in [6.07, 6.45) is -3.73. The van der Waals surface area contributed by atoms with Gasteiger partial charge in [-0.05, 0) is 31.8 Å². The third-order valence-electron chi connectivity index (χ3n) is 2.96. The van der Waals surface area contributed by atoms with Gasteiger partial charge in [-0.3, -0.25) is 0 Å². The molecule has 108 valence electrons. The fraction of sp³-hybridized carbons (Fsp3) is 0.800. The van der Waals surface area contributed by atoms with Gasteiger partial charge in [0.05, 0.1) is 0 Å². The van der Waals surface area contributed by atoms with Crippen molar-refractivity contribution in [2.24, 2.45) is 5.92 Å². The van der Waals surface area contributed by atoms with Crippen LogP contribution in [0.25, 0.3) is 0 Å². The van der Waals surface area contributed by atoms with E-state index in [1.807, 2.05) is 0 Å². The molecule has 0 spiro atoms. The van der Waals surface area contributed by atoms with Crippen molar-refractivity contribution >= 4 is 0 Å². The third kappa shape index (κ3) is 3.02. The number of alkyl halides is 5. The first-order valence-corrected chi connectivity index (χ1v) is 5.79. The van der Waals surface area contributed by atoms with Gasteiger partial charge >= 0.3 is 18.0 Å². The molecule has 0 saturated carbocycles. The van der Waals surface area contributed by atoms with E-state index in [2.05, 4.69) is 20.0 Å². The minimum absolute atomic E-state index is 0.118. The number of rotatable bonds is 3. The number of hydrogen-bond donors (Lipinski definition) is 1. The zero-order valence-corrected chi connectivity index (χ0v) is 9.81. The normalized spacial score (nSPS) is 21.6. The first-order valence-electron chi connectivity index (χ1n) is 5.79. The van der Waals surface area contributed by atoms with Gasteiger partial charge in [-0.1, -0.05) is 5.16 Å². The van der Waals surface area contributed by atoms with E-state index in [0.717, 1.165) is 19.4 Å². The molecule has 1 saturated heterocycles. The lowest BCUT2D eigenvalue weighted by Gasteiger charge is -2.21. The molecule has 1 fully saturated rings. The summed E-state index contributed by atoms with van der Waals surface area (Å²) in [6.45, 7) is 1.54. The molecule has 2 heterocycles. The smallest absolute Gasteiger partial charge is 0.332 e. The fourth-order valence-electron chi connectivity index (χ4n) is 1.94. The van der Waals surface area contributed by atoms with Crippen LogP contribution < -0.4 is 5.32 Å². The minimum Gasteiger partial charge on any atom is -0.332 e. The Morgan fingerprint density at radius 2 is 2.00 bits per heavy atom. The average molecular weight is 285 g/mol. The lowest BCUT2D eigenvalue weighted by Crippen LogP contribution is -2.34. The maximum absolute atomic E-state index is 12.9. The summed E-state index contributed by atoms with van der Waals surface area (Å²) < 4.78 is 66.2. The van der Waals surface area contributed by atoms with E-state index in [1.54, 1.807) is 0 Å². The number of nitrogens with zero attached hydrogens (tertiary/aromatic N) is 2. The highest BCUT2D eigenvalue weighted by atomic mass is 19.4. The Morgan fingerprint density at radius 3 is 2.58 bits per heavy atom. The summed E-state index contributed by atoms with van der Waals surface area (Å²) in [5, 5.41) is 6.30. The number of aromatic nitrogens is 2. The predicted octanol–water partition coefficient (Wildman–Crippen LogP) is 2.27. The maximum Gasteiger partial charge on any atom is 0.463 e. The molecule has 9 heteroatoms. The molecule has 1 unspecified atom stereocenters. The predicted molar refractivity (Wildman–Crippen MR) is 53.5 cm³/mol. The van der Waals surface area contributed by atoms with Gasteiger partial charge in [0.2, 0.25) is 0 Å². The molecule has 0 bridgehead atoms. The number of nitrogens with one attached hydrogen (secondary N) is 1. The zero-order valence-electron chi connectivity index (χ0n) is 9.81. The average Bonchev–Trinajstić information content (AvgIpc) is 2.78. The van der Waals surface area contributed by atoms with Crippen molar-refractivity contribution in [1.82, 2.24) is 15.5 Å². The second-order valence-electron chi connectivity index (χ2n) is 4.50. The zero-order chi connectivity index (χ0) is 14.1. The van der Waals surface area contributed by atoms with E-state index in [9.17, 15) is 22.0 Å². The summed E-state index contributed by atoms with van der Waals surface area (Å²) in [6, 6.07) is 0. The molecule has 0 aliphatic carbocycles. The topological polar surface area (TPSA) is 51.0 Å². The molecule has 1 N–H and O–H groups in total. The highest BCUT2D eigenvalue weighted by Crippen LogP contribution is 2.42. The summed E-state index contributed by atoms with van der Waals surface area (Å²) in [7, 11) is 0. The first-order chi connectivity index (χ1) is 8.80. The summed E-state index contributed by atoms with van der Waals surface area (Å²) in [4.78, 5) is 3.17. The quantitative estimate of drug-likeness (QED) is 0.866. The van der Waals surface area contributed by atoms with Crippen molar-refractivity contribution in [2.75, 3.05) is 13.1 Å². The number of piperidine rings is 1. The summed E-state index contributed by atoms with van der Waals surface area (Å²) in [5.74, 6) is -6.80. The highest BCUT2D eigenvalue weighted by Gasteiger charge is 2.63. The van der Waals surface area contributed by atoms with Crippen LogP contribution in [0.1, 0.15) is 24.6 Å². The van der Waals surface area contributed by atoms with Gasteiger partial charge in [0.1, 0.15) is 0 Å². The largest absolute Gasteiger partial charge is 0.463 e. The molecule has 1 aliphatic rings. The molecule has 0 radical (unpaired) electrons. The molecule has 0 aromatic carbocycles. The van der Waals surface area contributed by atoms with Gasteiger partial charge in [-0.2, -0.15) is 26.9 Å². The molecule has 1 atom stereocenters. The maximum atomic E-state index is 12.9. The second-order valence-corrected chi connectivity index (χ2v) is 4.50. The van der Waals surface area contributed by atoms with Crippen molar-refractivity contribution in [3.05, 3.63) is 11.7 Å². The highest BCUT2D eigenvalue weighted by molar-refractivity contribution is 4.98. The molecule has 19 heavy (non-hydrogen) atoms. The van der Waals surface area contributed by atoms with Crippen LogP contribution in [0.4, 0.5) is 22.0 Å². The number of halogens is 5. The van der Waals surface area contributed by atoms with Crippen LogP contribution in [0.2, 0.25) is 0 Å². The molecular formula is C10H12F5N3O. The van der Waals surface area contributed by atoms with Crippen LogP contribution in [-0.2, 0) is 12.3 Å². The third-order valence-corrected chi connectivity index (χ3v) is 2.96. The molecule has 1 aliphatic heterocycles. The van der Waals surface area contributed by atoms with Crippen LogP contribution in [-0.4, -0.2) is 29.4 Å². The summed E-state index contributed by atoms with van der Waals surface area (Å²) >= 11 is 0. The second kappa shape index (κ2) is 5.03. The standard InChI is InChI=1S/C10H12F5N3O/c11-9(12,10(13,14)15)8-17-7(18-19-8)4-6-2-1-3-16-5-6/h6,16H,1-5H2. The van der Waals surface area contributed by atoms with Crippen molar-refractivity contribution in [1.29, 1.82) is 0 Å². The summed E-state index contributed by atoms with van der Waals surface area (Å²) in [5.41, 5.74) is 0. The fourth-order valence-corrected chi connectivity index (χ4v) is 1.94. The SMILES string of the molecule is FC(F)(F)C(F)(F)c1nc(CC2CCCNC2)no1. The van der Waals surface area contributed by atoms with Gasteiger partial charge in [-0.15, -0.1) is 0 Å². The number of hydrogen-bond acceptors (Lipinski definition) is 4. The van der Waals surface area contributed by atoms with Crippen LogP contribution in [0.15, 0.2) is 4.52 Å². The van der Waals surface area contributed by atoms with E-state index >= 15 is 0 Å². The Bertz CT molecular complexity index is 425. The van der Waals surface area contributed by atoms with E-state index in [4.69, 9.17) is 0 Å². The van der Waals surface area contributed by atoms with Gasteiger partial charge in [0.15, 0.2) is 5.82 Å². The molecule has 1 aromatic rings. The van der Waals surface area contributed by atoms with E-state index in [1.165, 1.54) is 0 Å². The molecular weight excluding hydrogens is 273 g/mol. The Kier molecular flexibility index (Phi) is 3.75. The first kappa shape index (κ1) is 14.2. The van der Waals surface area contributed by atoms with Crippen molar-refractivity contribution in [3.63, 3.8) is 0 Å². The molecule has 2 rings (SSSR count). The van der Waals surface area contributed by atoms with Gasteiger partial charge in [0, 0.05) is 6.42 Å². The van der Waals surface area contributed by atoms with E-state index < -0.39 is 18.0 Å². The lowest BCUT2D eigenvalue weighted by molar-refractivity contribution is -0.298. The molecule has 1 aromatic heterocycles. The van der Waals surface area contributed by atoms with Crippen molar-refractivity contribution in [2.45, 2.75) is 31.4 Å². The van der Waals surface area contributed by atoms with Gasteiger partial charge in [0.25, 0.3) is 0 Å². The van der Waals surface area contributed by atoms with Crippen LogP contribution >= 0.6 is 0 Å². The van der Waals surface area contributed by atoms with Crippen molar-refractivity contribution in [3.8, 4) is 0 Å². The Morgan fingerprint density at radius 1 is 1.26 bits per heavy atom. The minimum atomic E-state index is -5.73.